The summed E-state index contributed by atoms with van der Waals surface area (Å²) in [6.45, 7) is 3.00. The standard InChI is InChI=1S/C15H20N4O2.2ClH/c1-11(20)16-13-6-4-5-12(9-13)14-10-19(17-15(14)21)8-7-18(2)3;;/h4-6,9-10H,7-8H2,1-3H3,(H,16,20)(H,17,21);2*1H. The average molecular weight is 361 g/mol. The molecule has 1 aromatic heterocycles. The SMILES string of the molecule is CC(=O)Nc1cccc(-c2cn(CCN(C)C)nc2O)c1.Cl.Cl. The Morgan fingerprint density at radius 2 is 2.04 bits per heavy atom. The molecule has 1 aromatic carbocycles. The van der Waals surface area contributed by atoms with E-state index in [1.54, 1.807) is 10.7 Å². The van der Waals surface area contributed by atoms with E-state index in [1.807, 2.05) is 38.5 Å². The van der Waals surface area contributed by atoms with Crippen LogP contribution in [0.1, 0.15) is 6.92 Å². The number of halogens is 2. The number of hydrogen-bond donors (Lipinski definition) is 2. The summed E-state index contributed by atoms with van der Waals surface area (Å²) < 4.78 is 1.72. The molecule has 1 heterocycles. The Balaban J connectivity index is 0.00000242. The van der Waals surface area contributed by atoms with E-state index in [-0.39, 0.29) is 36.6 Å². The van der Waals surface area contributed by atoms with Crippen LogP contribution in [-0.4, -0.2) is 46.3 Å². The van der Waals surface area contributed by atoms with Gasteiger partial charge in [0.05, 0.1) is 12.1 Å². The van der Waals surface area contributed by atoms with Crippen LogP contribution in [0.15, 0.2) is 30.5 Å². The highest BCUT2D eigenvalue weighted by atomic mass is 35.5. The second-order valence-corrected chi connectivity index (χ2v) is 5.19. The van der Waals surface area contributed by atoms with E-state index in [4.69, 9.17) is 0 Å². The van der Waals surface area contributed by atoms with Gasteiger partial charge in [0.2, 0.25) is 11.8 Å². The van der Waals surface area contributed by atoms with Crippen molar-refractivity contribution in [3.8, 4) is 17.0 Å². The van der Waals surface area contributed by atoms with Crippen molar-refractivity contribution in [3.05, 3.63) is 30.5 Å². The van der Waals surface area contributed by atoms with Crippen LogP contribution < -0.4 is 5.32 Å². The second kappa shape index (κ2) is 9.39. The summed E-state index contributed by atoms with van der Waals surface area (Å²) in [6, 6.07) is 7.32. The van der Waals surface area contributed by atoms with E-state index in [0.29, 0.717) is 17.8 Å². The van der Waals surface area contributed by atoms with Crippen LogP contribution in [0.4, 0.5) is 5.69 Å². The van der Waals surface area contributed by atoms with E-state index in [0.717, 1.165) is 12.1 Å². The molecule has 0 saturated carbocycles. The molecule has 0 spiro atoms. The molecule has 0 saturated heterocycles. The topological polar surface area (TPSA) is 70.4 Å². The van der Waals surface area contributed by atoms with Crippen molar-refractivity contribution in [2.75, 3.05) is 26.0 Å². The fourth-order valence-corrected chi connectivity index (χ4v) is 2.00. The molecule has 23 heavy (non-hydrogen) atoms. The minimum atomic E-state index is -0.127. The smallest absolute Gasteiger partial charge is 0.238 e. The van der Waals surface area contributed by atoms with Gasteiger partial charge in [-0.2, -0.15) is 0 Å². The van der Waals surface area contributed by atoms with Crippen LogP contribution in [0.5, 0.6) is 5.88 Å². The lowest BCUT2D eigenvalue weighted by Gasteiger charge is -2.08. The fraction of sp³-hybridized carbons (Fsp3) is 0.333. The zero-order valence-corrected chi connectivity index (χ0v) is 14.9. The highest BCUT2D eigenvalue weighted by Gasteiger charge is 2.11. The number of likely N-dealkylation sites (N-methyl/N-ethyl adjacent to an activating group) is 1. The summed E-state index contributed by atoms with van der Waals surface area (Å²) >= 11 is 0. The van der Waals surface area contributed by atoms with Gasteiger partial charge in [0, 0.05) is 25.4 Å². The Morgan fingerprint density at radius 3 is 2.65 bits per heavy atom. The van der Waals surface area contributed by atoms with Crippen molar-refractivity contribution < 1.29 is 9.90 Å². The summed E-state index contributed by atoms with van der Waals surface area (Å²) in [5, 5.41) is 16.8. The number of aromatic nitrogens is 2. The predicted molar refractivity (Wildman–Crippen MR) is 96.7 cm³/mol. The summed E-state index contributed by atoms with van der Waals surface area (Å²) in [5.41, 5.74) is 2.16. The van der Waals surface area contributed by atoms with Gasteiger partial charge in [0.15, 0.2) is 0 Å². The quantitative estimate of drug-likeness (QED) is 0.859. The molecule has 128 valence electrons. The number of carbonyl (C=O) groups is 1. The van der Waals surface area contributed by atoms with Gasteiger partial charge >= 0.3 is 0 Å². The van der Waals surface area contributed by atoms with E-state index in [1.165, 1.54) is 6.92 Å². The van der Waals surface area contributed by atoms with Crippen molar-refractivity contribution >= 4 is 36.4 Å². The maximum atomic E-state index is 11.1. The normalized spacial score (nSPS) is 9.91. The lowest BCUT2D eigenvalue weighted by atomic mass is 10.1. The number of rotatable bonds is 5. The molecule has 2 rings (SSSR count). The molecule has 2 aromatic rings. The minimum absolute atomic E-state index is 0. The third-order valence-corrected chi connectivity index (χ3v) is 3.01. The van der Waals surface area contributed by atoms with Gasteiger partial charge in [0.25, 0.3) is 0 Å². The highest BCUT2D eigenvalue weighted by Crippen LogP contribution is 2.29. The zero-order valence-electron chi connectivity index (χ0n) is 13.3. The third-order valence-electron chi connectivity index (χ3n) is 3.01. The molecule has 0 unspecified atom stereocenters. The molecule has 0 fully saturated rings. The first-order chi connectivity index (χ1) is 9.95. The number of benzene rings is 1. The van der Waals surface area contributed by atoms with E-state index >= 15 is 0 Å². The molecule has 6 nitrogen and oxygen atoms in total. The van der Waals surface area contributed by atoms with Crippen molar-refractivity contribution in [1.82, 2.24) is 14.7 Å². The average Bonchev–Trinajstić information content (AvgIpc) is 2.77. The van der Waals surface area contributed by atoms with Crippen molar-refractivity contribution in [2.45, 2.75) is 13.5 Å². The van der Waals surface area contributed by atoms with E-state index < -0.39 is 0 Å². The first kappa shape index (κ1) is 21.2. The highest BCUT2D eigenvalue weighted by molar-refractivity contribution is 5.89. The molecule has 0 aliphatic rings. The van der Waals surface area contributed by atoms with E-state index in [9.17, 15) is 9.90 Å². The predicted octanol–water partition coefficient (Wildman–Crippen LogP) is 2.62. The van der Waals surface area contributed by atoms with E-state index in [2.05, 4.69) is 15.3 Å². The third kappa shape index (κ3) is 6.09. The van der Waals surface area contributed by atoms with Gasteiger partial charge in [-0.15, -0.1) is 29.9 Å². The number of hydrogen-bond acceptors (Lipinski definition) is 4. The minimum Gasteiger partial charge on any atom is -0.492 e. The van der Waals surface area contributed by atoms with Gasteiger partial charge in [-0.25, -0.2) is 0 Å². The maximum absolute atomic E-state index is 11.1. The Hall–Kier alpha value is -1.76. The molecule has 0 atom stereocenters. The molecule has 0 radical (unpaired) electrons. The summed E-state index contributed by atoms with van der Waals surface area (Å²) in [4.78, 5) is 13.2. The first-order valence-corrected chi connectivity index (χ1v) is 6.75. The number of carbonyl (C=O) groups excluding carboxylic acids is 1. The van der Waals surface area contributed by atoms with Crippen molar-refractivity contribution in [1.29, 1.82) is 0 Å². The Morgan fingerprint density at radius 1 is 1.35 bits per heavy atom. The molecule has 0 bridgehead atoms. The van der Waals surface area contributed by atoms with Gasteiger partial charge in [-0.05, 0) is 31.8 Å². The van der Waals surface area contributed by atoms with Crippen molar-refractivity contribution in [2.24, 2.45) is 0 Å². The van der Waals surface area contributed by atoms with Crippen LogP contribution in [-0.2, 0) is 11.3 Å². The Labute approximate surface area is 148 Å². The molecule has 1 amide bonds. The monoisotopic (exact) mass is 360 g/mol. The molecule has 0 aliphatic heterocycles. The lowest BCUT2D eigenvalue weighted by molar-refractivity contribution is -0.114. The van der Waals surface area contributed by atoms with Crippen LogP contribution in [0.2, 0.25) is 0 Å². The Bertz CT molecular complexity index is 644. The summed E-state index contributed by atoms with van der Waals surface area (Å²) in [6.07, 6.45) is 1.81. The summed E-state index contributed by atoms with van der Waals surface area (Å²) in [7, 11) is 3.97. The second-order valence-electron chi connectivity index (χ2n) is 5.19. The fourth-order valence-electron chi connectivity index (χ4n) is 2.00. The zero-order chi connectivity index (χ0) is 15.4. The number of anilines is 1. The van der Waals surface area contributed by atoms with Gasteiger partial charge in [-0.3, -0.25) is 9.48 Å². The largest absolute Gasteiger partial charge is 0.492 e. The van der Waals surface area contributed by atoms with Crippen LogP contribution in [0.3, 0.4) is 0 Å². The molecule has 0 aliphatic carbocycles. The van der Waals surface area contributed by atoms with Crippen LogP contribution >= 0.6 is 24.8 Å². The van der Waals surface area contributed by atoms with Crippen LogP contribution in [0.25, 0.3) is 11.1 Å². The first-order valence-electron chi connectivity index (χ1n) is 6.75. The maximum Gasteiger partial charge on any atom is 0.238 e. The lowest BCUT2D eigenvalue weighted by Crippen LogP contribution is -2.18. The molecule has 8 heteroatoms. The summed E-state index contributed by atoms with van der Waals surface area (Å²) in [5.74, 6) is -0.133. The molecular weight excluding hydrogens is 339 g/mol. The number of amides is 1. The molecule has 2 N–H and O–H groups in total. The van der Waals surface area contributed by atoms with Gasteiger partial charge < -0.3 is 15.3 Å². The van der Waals surface area contributed by atoms with Crippen LogP contribution in [0, 0.1) is 0 Å². The number of nitrogens with one attached hydrogen (secondary N) is 1. The number of aromatic hydroxyl groups is 1. The van der Waals surface area contributed by atoms with Crippen molar-refractivity contribution in [3.63, 3.8) is 0 Å². The Kier molecular flexibility index (Phi) is 8.68. The number of nitrogens with zero attached hydrogens (tertiary/aromatic N) is 3. The van der Waals surface area contributed by atoms with Gasteiger partial charge in [0.1, 0.15) is 0 Å². The van der Waals surface area contributed by atoms with Gasteiger partial charge in [-0.1, -0.05) is 12.1 Å². The molecular formula is C15H22Cl2N4O2.